The predicted molar refractivity (Wildman–Crippen MR) is 86.8 cm³/mol. The molecule has 0 unspecified atom stereocenters. The largest absolute Gasteiger partial charge is 0.312 e. The Morgan fingerprint density at radius 1 is 1.00 bits per heavy atom. The van der Waals surface area contributed by atoms with E-state index >= 15 is 0 Å². The molecule has 3 aromatic rings. The molecule has 0 aliphatic carbocycles. The van der Waals surface area contributed by atoms with Crippen molar-refractivity contribution < 1.29 is 8.42 Å². The minimum absolute atomic E-state index is 0.326. The second-order valence-corrected chi connectivity index (χ2v) is 7.22. The van der Waals surface area contributed by atoms with E-state index in [4.69, 9.17) is 0 Å². The lowest BCUT2D eigenvalue weighted by Gasteiger charge is -2.12. The number of benzene rings is 1. The van der Waals surface area contributed by atoms with E-state index in [9.17, 15) is 8.42 Å². The van der Waals surface area contributed by atoms with Gasteiger partial charge in [0.25, 0.3) is 0 Å². The monoisotopic (exact) mass is 312 g/mol. The first-order valence-corrected chi connectivity index (χ1v) is 8.75. The van der Waals surface area contributed by atoms with E-state index in [0.717, 1.165) is 22.6 Å². The molecule has 22 heavy (non-hydrogen) atoms. The molecule has 0 aliphatic rings. The lowest BCUT2D eigenvalue weighted by molar-refractivity contribution is 0.602. The summed E-state index contributed by atoms with van der Waals surface area (Å²) in [5, 5.41) is 0. The molecular weight excluding hydrogens is 296 g/mol. The van der Waals surface area contributed by atoms with E-state index in [1.165, 1.54) is 6.26 Å². The van der Waals surface area contributed by atoms with Crippen LogP contribution in [0.15, 0.2) is 65.8 Å². The zero-order chi connectivity index (χ0) is 15.7. The zero-order valence-electron chi connectivity index (χ0n) is 12.4. The Bertz CT molecular complexity index is 896. The van der Waals surface area contributed by atoms with Crippen molar-refractivity contribution in [1.82, 2.24) is 9.55 Å². The van der Waals surface area contributed by atoms with E-state index in [1.807, 2.05) is 43.3 Å². The van der Waals surface area contributed by atoms with E-state index in [1.54, 1.807) is 24.5 Å². The lowest BCUT2D eigenvalue weighted by Crippen LogP contribution is -2.00. The van der Waals surface area contributed by atoms with Crippen molar-refractivity contribution in [1.29, 1.82) is 0 Å². The molecule has 3 rings (SSSR count). The summed E-state index contributed by atoms with van der Waals surface area (Å²) < 4.78 is 25.2. The maximum Gasteiger partial charge on any atom is 0.175 e. The molecule has 2 aromatic heterocycles. The van der Waals surface area contributed by atoms with Gasteiger partial charge in [-0.05, 0) is 48.9 Å². The van der Waals surface area contributed by atoms with Gasteiger partial charge in [0.1, 0.15) is 0 Å². The van der Waals surface area contributed by atoms with Crippen LogP contribution in [0.1, 0.15) is 5.69 Å². The average molecular weight is 312 g/mol. The van der Waals surface area contributed by atoms with Crippen LogP contribution < -0.4 is 0 Å². The summed E-state index contributed by atoms with van der Waals surface area (Å²) in [6.07, 6.45) is 4.76. The van der Waals surface area contributed by atoms with E-state index in [2.05, 4.69) is 9.55 Å². The van der Waals surface area contributed by atoms with Crippen LogP contribution in [-0.4, -0.2) is 24.2 Å². The van der Waals surface area contributed by atoms with Crippen molar-refractivity contribution in [3.05, 3.63) is 66.6 Å². The van der Waals surface area contributed by atoms with Crippen LogP contribution in [0.4, 0.5) is 0 Å². The molecule has 4 nitrogen and oxygen atoms in total. The molecule has 0 spiro atoms. The van der Waals surface area contributed by atoms with Crippen molar-refractivity contribution in [2.75, 3.05) is 6.26 Å². The average Bonchev–Trinajstić information content (AvgIpc) is 2.89. The highest BCUT2D eigenvalue weighted by Crippen LogP contribution is 2.27. The summed E-state index contributed by atoms with van der Waals surface area (Å²) in [6, 6.07) is 14.9. The van der Waals surface area contributed by atoms with Crippen molar-refractivity contribution >= 4 is 9.84 Å². The van der Waals surface area contributed by atoms with Crippen molar-refractivity contribution in [2.45, 2.75) is 11.8 Å². The van der Waals surface area contributed by atoms with Gasteiger partial charge in [-0.2, -0.15) is 0 Å². The van der Waals surface area contributed by atoms with Crippen LogP contribution >= 0.6 is 0 Å². The first kappa shape index (κ1) is 14.5. The Kier molecular flexibility index (Phi) is 3.58. The Hall–Kier alpha value is -2.40. The van der Waals surface area contributed by atoms with Crippen LogP contribution in [0.25, 0.3) is 16.9 Å². The molecule has 0 N–H and O–H groups in total. The number of sulfone groups is 1. The number of aryl methyl sites for hydroxylation is 1. The number of hydrogen-bond donors (Lipinski definition) is 0. The third-order valence-electron chi connectivity index (χ3n) is 3.56. The fraction of sp³-hybridized carbons (Fsp3) is 0.118. The molecule has 0 saturated carbocycles. The summed E-state index contributed by atoms with van der Waals surface area (Å²) >= 11 is 0. The Morgan fingerprint density at radius 3 is 2.32 bits per heavy atom. The van der Waals surface area contributed by atoms with Gasteiger partial charge in [0.2, 0.25) is 0 Å². The smallest absolute Gasteiger partial charge is 0.175 e. The summed E-state index contributed by atoms with van der Waals surface area (Å²) in [6.45, 7) is 2.03. The molecule has 0 bridgehead atoms. The maximum atomic E-state index is 11.6. The molecule has 112 valence electrons. The highest BCUT2D eigenvalue weighted by atomic mass is 32.2. The number of hydrogen-bond acceptors (Lipinski definition) is 3. The fourth-order valence-electron chi connectivity index (χ4n) is 2.47. The van der Waals surface area contributed by atoms with E-state index < -0.39 is 9.84 Å². The van der Waals surface area contributed by atoms with Crippen LogP contribution in [0.3, 0.4) is 0 Å². The van der Waals surface area contributed by atoms with Crippen LogP contribution in [0.5, 0.6) is 0 Å². The van der Waals surface area contributed by atoms with Gasteiger partial charge in [0.05, 0.1) is 22.5 Å². The first-order valence-electron chi connectivity index (χ1n) is 6.86. The molecule has 5 heteroatoms. The lowest BCUT2D eigenvalue weighted by atomic mass is 10.1. The molecule has 1 aromatic carbocycles. The molecule has 0 saturated heterocycles. The molecular formula is C17H16N2O2S. The second-order valence-electron chi connectivity index (χ2n) is 5.20. The topological polar surface area (TPSA) is 52.0 Å². The Labute approximate surface area is 130 Å². The normalized spacial score (nSPS) is 11.5. The van der Waals surface area contributed by atoms with Crippen LogP contribution in [-0.2, 0) is 9.84 Å². The van der Waals surface area contributed by atoms with Crippen molar-refractivity contribution in [3.63, 3.8) is 0 Å². The van der Waals surface area contributed by atoms with Gasteiger partial charge in [-0.1, -0.05) is 12.1 Å². The molecule has 0 radical (unpaired) electrons. The quantitative estimate of drug-likeness (QED) is 0.746. The van der Waals surface area contributed by atoms with Gasteiger partial charge in [0, 0.05) is 18.1 Å². The molecule has 0 fully saturated rings. The van der Waals surface area contributed by atoms with Crippen LogP contribution in [0.2, 0.25) is 0 Å². The number of rotatable bonds is 3. The minimum Gasteiger partial charge on any atom is -0.312 e. The Balaban J connectivity index is 2.11. The fourth-order valence-corrected chi connectivity index (χ4v) is 3.10. The molecule has 0 amide bonds. The van der Waals surface area contributed by atoms with Crippen molar-refractivity contribution in [3.8, 4) is 16.9 Å². The van der Waals surface area contributed by atoms with Crippen LogP contribution in [0, 0.1) is 6.92 Å². The van der Waals surface area contributed by atoms with E-state index in [-0.39, 0.29) is 0 Å². The van der Waals surface area contributed by atoms with Gasteiger partial charge < -0.3 is 4.57 Å². The Morgan fingerprint density at radius 2 is 1.73 bits per heavy atom. The summed E-state index contributed by atoms with van der Waals surface area (Å²) in [7, 11) is -3.18. The number of nitrogens with zero attached hydrogens (tertiary/aromatic N) is 2. The number of aromatic nitrogens is 2. The zero-order valence-corrected chi connectivity index (χ0v) is 13.2. The minimum atomic E-state index is -3.18. The van der Waals surface area contributed by atoms with Gasteiger partial charge >= 0.3 is 0 Å². The molecule has 0 aliphatic heterocycles. The molecule has 0 atom stereocenters. The predicted octanol–water partition coefficient (Wildman–Crippen LogP) is 3.25. The van der Waals surface area contributed by atoms with E-state index in [0.29, 0.717) is 4.90 Å². The summed E-state index contributed by atoms with van der Waals surface area (Å²) in [4.78, 5) is 4.49. The highest BCUT2D eigenvalue weighted by Gasteiger charge is 2.11. The standard InChI is InChI=1S/C17H16N2O2S/c1-13-5-10-17(19(13)15-4-3-11-18-12-15)14-6-8-16(9-7-14)22(2,20)21/h3-12H,1-2H3. The molecule has 2 heterocycles. The third kappa shape index (κ3) is 2.67. The highest BCUT2D eigenvalue weighted by molar-refractivity contribution is 7.90. The maximum absolute atomic E-state index is 11.6. The van der Waals surface area contributed by atoms with Gasteiger partial charge in [-0.3, -0.25) is 4.98 Å². The van der Waals surface area contributed by atoms with Gasteiger partial charge in [-0.15, -0.1) is 0 Å². The summed E-state index contributed by atoms with van der Waals surface area (Å²) in [5.41, 5.74) is 4.04. The second kappa shape index (κ2) is 5.42. The third-order valence-corrected chi connectivity index (χ3v) is 4.69. The number of pyridine rings is 1. The van der Waals surface area contributed by atoms with Gasteiger partial charge in [0.15, 0.2) is 9.84 Å². The first-order chi connectivity index (χ1) is 10.5. The van der Waals surface area contributed by atoms with Gasteiger partial charge in [-0.25, -0.2) is 8.42 Å². The van der Waals surface area contributed by atoms with Crippen molar-refractivity contribution in [2.24, 2.45) is 0 Å². The summed E-state index contributed by atoms with van der Waals surface area (Å²) in [5.74, 6) is 0. The SMILES string of the molecule is Cc1ccc(-c2ccc(S(C)(=O)=O)cc2)n1-c1cccnc1.